The molecule has 2 aromatic rings. The second-order valence-electron chi connectivity index (χ2n) is 8.35. The minimum Gasteiger partial charge on any atom is -0.542 e. The molecule has 0 bridgehead atoms. The number of aryl methyl sites for hydroxylation is 1. The van der Waals surface area contributed by atoms with E-state index in [2.05, 4.69) is 49.8 Å². The lowest BCUT2D eigenvalue weighted by Gasteiger charge is -2.36. The number of rotatable bonds is 3. The predicted octanol–water partition coefficient (Wildman–Crippen LogP) is 5.59. The zero-order valence-corrected chi connectivity index (χ0v) is 18.6. The Morgan fingerprint density at radius 3 is 2.64 bits per heavy atom. The standard InChI is InChI=1S/C18H28BrN3O2Si/c1-12-15-16(19)13(24-25(5,6)18(2,3)4)11-20-17(15)22(21-12)14-9-7-8-10-23-14/h11,14H,7-10H2,1-6H3. The lowest BCUT2D eigenvalue weighted by atomic mass is 10.2. The van der Waals surface area contributed by atoms with Crippen molar-refractivity contribution in [2.75, 3.05) is 6.61 Å². The van der Waals surface area contributed by atoms with Crippen molar-refractivity contribution in [2.45, 2.75) is 71.3 Å². The van der Waals surface area contributed by atoms with Gasteiger partial charge in [0, 0.05) is 6.61 Å². The number of hydrogen-bond donors (Lipinski definition) is 0. The molecule has 0 spiro atoms. The topological polar surface area (TPSA) is 49.2 Å². The second-order valence-corrected chi connectivity index (χ2v) is 13.9. The lowest BCUT2D eigenvalue weighted by molar-refractivity contribution is -0.0371. The van der Waals surface area contributed by atoms with Crippen LogP contribution in [0.15, 0.2) is 10.7 Å². The summed E-state index contributed by atoms with van der Waals surface area (Å²) in [6.45, 7) is 14.0. The van der Waals surface area contributed by atoms with E-state index in [9.17, 15) is 0 Å². The first kappa shape index (κ1) is 18.9. The Hall–Kier alpha value is -0.923. The first-order chi connectivity index (χ1) is 11.6. The summed E-state index contributed by atoms with van der Waals surface area (Å²) in [6, 6.07) is 0. The average Bonchev–Trinajstić information content (AvgIpc) is 2.87. The predicted molar refractivity (Wildman–Crippen MR) is 107 cm³/mol. The van der Waals surface area contributed by atoms with Crippen LogP contribution in [0, 0.1) is 6.92 Å². The first-order valence-corrected chi connectivity index (χ1v) is 12.7. The van der Waals surface area contributed by atoms with Crippen molar-refractivity contribution in [3.63, 3.8) is 0 Å². The maximum atomic E-state index is 6.48. The maximum absolute atomic E-state index is 6.48. The van der Waals surface area contributed by atoms with Gasteiger partial charge in [-0.2, -0.15) is 5.10 Å². The molecule has 1 aliphatic rings. The van der Waals surface area contributed by atoms with Crippen LogP contribution in [-0.4, -0.2) is 29.7 Å². The molecule has 7 heteroatoms. The van der Waals surface area contributed by atoms with Crippen LogP contribution in [0.3, 0.4) is 0 Å². The Kier molecular flexibility index (Phi) is 5.03. The summed E-state index contributed by atoms with van der Waals surface area (Å²) in [5.41, 5.74) is 1.81. The minimum absolute atomic E-state index is 0.0171. The number of nitrogens with zero attached hydrogens (tertiary/aromatic N) is 3. The normalized spacial score (nSPS) is 19.4. The lowest BCUT2D eigenvalue weighted by Crippen LogP contribution is -2.44. The highest BCUT2D eigenvalue weighted by Gasteiger charge is 2.39. The number of fused-ring (bicyclic) bond motifs is 1. The SMILES string of the molecule is Cc1nn(C2CCCCO2)c2ncc(O[Si](C)(C)C(C)(C)C)c(Br)c12. The van der Waals surface area contributed by atoms with E-state index in [1.165, 1.54) is 6.42 Å². The molecule has 3 heterocycles. The molecule has 3 rings (SSSR count). The van der Waals surface area contributed by atoms with Gasteiger partial charge in [0.2, 0.25) is 0 Å². The molecular formula is C18H28BrN3O2Si. The van der Waals surface area contributed by atoms with Gasteiger partial charge in [0.1, 0.15) is 5.75 Å². The zero-order valence-electron chi connectivity index (χ0n) is 16.0. The molecule has 2 aromatic heterocycles. The fourth-order valence-corrected chi connectivity index (χ4v) is 4.64. The molecule has 0 aliphatic carbocycles. The summed E-state index contributed by atoms with van der Waals surface area (Å²) in [5.74, 6) is 0.811. The van der Waals surface area contributed by atoms with Gasteiger partial charge in [-0.05, 0) is 60.2 Å². The first-order valence-electron chi connectivity index (χ1n) is 8.96. The van der Waals surface area contributed by atoms with Gasteiger partial charge in [0.25, 0.3) is 8.32 Å². The van der Waals surface area contributed by atoms with Crippen molar-refractivity contribution in [2.24, 2.45) is 0 Å². The van der Waals surface area contributed by atoms with E-state index < -0.39 is 8.32 Å². The second kappa shape index (κ2) is 6.67. The van der Waals surface area contributed by atoms with Crippen LogP contribution in [0.5, 0.6) is 5.75 Å². The van der Waals surface area contributed by atoms with Crippen LogP contribution >= 0.6 is 15.9 Å². The molecule has 1 aliphatic heterocycles. The summed E-state index contributed by atoms with van der Waals surface area (Å²) in [7, 11) is -1.93. The maximum Gasteiger partial charge on any atom is 0.250 e. The van der Waals surface area contributed by atoms with Crippen molar-refractivity contribution < 1.29 is 9.16 Å². The summed E-state index contributed by atoms with van der Waals surface area (Å²) < 4.78 is 15.3. The summed E-state index contributed by atoms with van der Waals surface area (Å²) in [4.78, 5) is 4.69. The Morgan fingerprint density at radius 2 is 2.04 bits per heavy atom. The zero-order chi connectivity index (χ0) is 18.4. The number of halogens is 1. The van der Waals surface area contributed by atoms with E-state index in [1.54, 1.807) is 0 Å². The van der Waals surface area contributed by atoms with Gasteiger partial charge in [-0.3, -0.25) is 0 Å². The number of ether oxygens (including phenoxy) is 1. The molecule has 1 saturated heterocycles. The van der Waals surface area contributed by atoms with E-state index in [0.717, 1.165) is 46.4 Å². The van der Waals surface area contributed by atoms with Crippen LogP contribution in [0.1, 0.15) is 52.0 Å². The highest BCUT2D eigenvalue weighted by molar-refractivity contribution is 9.10. The molecule has 25 heavy (non-hydrogen) atoms. The molecule has 0 radical (unpaired) electrons. The third kappa shape index (κ3) is 3.51. The molecule has 1 unspecified atom stereocenters. The van der Waals surface area contributed by atoms with Gasteiger partial charge >= 0.3 is 0 Å². The highest BCUT2D eigenvalue weighted by atomic mass is 79.9. The molecule has 1 atom stereocenters. The van der Waals surface area contributed by atoms with Gasteiger partial charge < -0.3 is 9.16 Å². The molecule has 0 saturated carbocycles. The van der Waals surface area contributed by atoms with E-state index in [-0.39, 0.29) is 11.3 Å². The Morgan fingerprint density at radius 1 is 1.32 bits per heavy atom. The van der Waals surface area contributed by atoms with Crippen LogP contribution in [0.2, 0.25) is 18.1 Å². The molecule has 138 valence electrons. The molecule has 1 fully saturated rings. The van der Waals surface area contributed by atoms with Crippen LogP contribution in [-0.2, 0) is 4.74 Å². The van der Waals surface area contributed by atoms with E-state index >= 15 is 0 Å². The third-order valence-electron chi connectivity index (χ3n) is 5.40. The fraction of sp³-hybridized carbons (Fsp3) is 0.667. The smallest absolute Gasteiger partial charge is 0.250 e. The Balaban J connectivity index is 2.02. The van der Waals surface area contributed by atoms with Crippen LogP contribution in [0.25, 0.3) is 11.0 Å². The fourth-order valence-electron chi connectivity index (χ4n) is 2.83. The summed E-state index contributed by atoms with van der Waals surface area (Å²) >= 11 is 3.75. The van der Waals surface area contributed by atoms with Crippen molar-refractivity contribution in [3.05, 3.63) is 16.4 Å². The van der Waals surface area contributed by atoms with Crippen molar-refractivity contribution in [1.29, 1.82) is 0 Å². The van der Waals surface area contributed by atoms with Crippen molar-refractivity contribution >= 4 is 35.3 Å². The van der Waals surface area contributed by atoms with Crippen LogP contribution < -0.4 is 4.43 Å². The number of pyridine rings is 1. The number of hydrogen-bond acceptors (Lipinski definition) is 4. The average molecular weight is 426 g/mol. The molecule has 5 nitrogen and oxygen atoms in total. The Bertz CT molecular complexity index is 777. The van der Waals surface area contributed by atoms with Crippen molar-refractivity contribution in [3.8, 4) is 5.75 Å². The monoisotopic (exact) mass is 425 g/mol. The van der Waals surface area contributed by atoms with E-state index in [1.807, 2.05) is 17.8 Å². The molecule has 0 N–H and O–H groups in total. The van der Waals surface area contributed by atoms with Gasteiger partial charge in [0.15, 0.2) is 11.9 Å². The Labute approximate surface area is 159 Å². The molecule has 0 aromatic carbocycles. The van der Waals surface area contributed by atoms with Crippen molar-refractivity contribution in [1.82, 2.24) is 14.8 Å². The minimum atomic E-state index is -1.93. The van der Waals surface area contributed by atoms with Crippen LogP contribution in [0.4, 0.5) is 0 Å². The largest absolute Gasteiger partial charge is 0.542 e. The van der Waals surface area contributed by atoms with E-state index in [4.69, 9.17) is 19.2 Å². The van der Waals surface area contributed by atoms with Gasteiger partial charge in [0.05, 0.1) is 21.7 Å². The van der Waals surface area contributed by atoms with E-state index in [0.29, 0.717) is 0 Å². The molecule has 0 amide bonds. The third-order valence-corrected chi connectivity index (χ3v) is 10.5. The van der Waals surface area contributed by atoms with Gasteiger partial charge in [-0.15, -0.1) is 0 Å². The van der Waals surface area contributed by atoms with Gasteiger partial charge in [-0.25, -0.2) is 9.67 Å². The quantitative estimate of drug-likeness (QED) is 0.601. The summed E-state index contributed by atoms with van der Waals surface area (Å²) in [6.07, 6.45) is 5.08. The number of aromatic nitrogens is 3. The summed E-state index contributed by atoms with van der Waals surface area (Å²) in [5, 5.41) is 5.87. The highest BCUT2D eigenvalue weighted by Crippen LogP contribution is 2.41. The van der Waals surface area contributed by atoms with Gasteiger partial charge in [-0.1, -0.05) is 20.8 Å². The molecular weight excluding hydrogens is 398 g/mol.